The number of aromatic nitrogens is 2. The van der Waals surface area contributed by atoms with Crippen molar-refractivity contribution in [1.29, 1.82) is 0 Å². The van der Waals surface area contributed by atoms with Gasteiger partial charge in [0.15, 0.2) is 0 Å². The first-order valence-electron chi connectivity index (χ1n) is 4.88. The van der Waals surface area contributed by atoms with Crippen molar-refractivity contribution in [2.45, 2.75) is 6.10 Å². The van der Waals surface area contributed by atoms with E-state index in [-0.39, 0.29) is 6.54 Å². The molecule has 2 aromatic rings. The zero-order valence-electron chi connectivity index (χ0n) is 8.55. The number of rotatable bonds is 3. The maximum absolute atomic E-state index is 9.71. The number of aliphatic hydroxyl groups excluding tert-OH is 1. The molecule has 0 fully saturated rings. The molecule has 1 aromatic carbocycles. The van der Waals surface area contributed by atoms with Gasteiger partial charge in [0.05, 0.1) is 18.2 Å². The lowest BCUT2D eigenvalue weighted by atomic mass is 10.2. The topological polar surface area (TPSA) is 64.1 Å². The highest BCUT2D eigenvalue weighted by molar-refractivity contribution is 6.30. The van der Waals surface area contributed by atoms with E-state index in [1.165, 1.54) is 0 Å². The number of nitrogens with zero attached hydrogens (tertiary/aromatic N) is 2. The molecule has 0 aliphatic carbocycles. The summed E-state index contributed by atoms with van der Waals surface area (Å²) in [7, 11) is 0. The van der Waals surface area contributed by atoms with E-state index in [4.69, 9.17) is 17.3 Å². The van der Waals surface area contributed by atoms with Gasteiger partial charge >= 0.3 is 0 Å². The van der Waals surface area contributed by atoms with E-state index in [2.05, 4.69) is 4.98 Å². The van der Waals surface area contributed by atoms with Crippen molar-refractivity contribution in [3.8, 4) is 5.69 Å². The molecular formula is C11H12ClN3O. The Kier molecular flexibility index (Phi) is 3.24. The molecule has 3 N–H and O–H groups in total. The summed E-state index contributed by atoms with van der Waals surface area (Å²) in [6.45, 7) is 0.159. The van der Waals surface area contributed by atoms with Crippen LogP contribution in [0.25, 0.3) is 5.69 Å². The minimum absolute atomic E-state index is 0.159. The summed E-state index contributed by atoms with van der Waals surface area (Å²) in [5.74, 6) is 0. The molecule has 0 amide bonds. The smallest absolute Gasteiger partial charge is 0.108 e. The minimum atomic E-state index is -0.721. The van der Waals surface area contributed by atoms with Crippen molar-refractivity contribution in [3.63, 3.8) is 0 Å². The first kappa shape index (κ1) is 11.1. The van der Waals surface area contributed by atoms with Gasteiger partial charge in [0.1, 0.15) is 6.10 Å². The number of aliphatic hydroxyl groups is 1. The van der Waals surface area contributed by atoms with Crippen molar-refractivity contribution >= 4 is 11.6 Å². The van der Waals surface area contributed by atoms with Gasteiger partial charge in [-0.05, 0) is 18.2 Å². The Morgan fingerprint density at radius 2 is 2.31 bits per heavy atom. The Bertz CT molecular complexity index is 484. The van der Waals surface area contributed by atoms with Gasteiger partial charge in [-0.2, -0.15) is 0 Å². The number of hydrogen-bond donors (Lipinski definition) is 2. The zero-order chi connectivity index (χ0) is 11.5. The highest BCUT2D eigenvalue weighted by Gasteiger charge is 2.12. The number of nitrogens with two attached hydrogens (primary N) is 1. The summed E-state index contributed by atoms with van der Waals surface area (Å²) in [5, 5.41) is 10.3. The van der Waals surface area contributed by atoms with Gasteiger partial charge in [-0.3, -0.25) is 0 Å². The molecule has 0 bridgehead atoms. The Morgan fingerprint density at radius 3 is 3.00 bits per heavy atom. The Labute approximate surface area is 98.3 Å². The number of hydrogen-bond acceptors (Lipinski definition) is 3. The molecule has 1 atom stereocenters. The average Bonchev–Trinajstić information content (AvgIpc) is 2.77. The molecule has 84 valence electrons. The van der Waals surface area contributed by atoms with E-state index in [1.54, 1.807) is 29.2 Å². The quantitative estimate of drug-likeness (QED) is 0.851. The molecule has 0 aliphatic rings. The molecular weight excluding hydrogens is 226 g/mol. The molecule has 0 spiro atoms. The van der Waals surface area contributed by atoms with Crippen LogP contribution in [0.15, 0.2) is 36.8 Å². The van der Waals surface area contributed by atoms with Crippen LogP contribution in [0.2, 0.25) is 5.02 Å². The first-order valence-corrected chi connectivity index (χ1v) is 5.26. The second-order valence-corrected chi connectivity index (χ2v) is 3.86. The molecule has 16 heavy (non-hydrogen) atoms. The lowest BCUT2D eigenvalue weighted by molar-refractivity contribution is 0.180. The molecule has 1 aromatic heterocycles. The van der Waals surface area contributed by atoms with Crippen LogP contribution in [0.1, 0.15) is 11.8 Å². The molecule has 5 heteroatoms. The van der Waals surface area contributed by atoms with E-state index in [0.717, 1.165) is 5.69 Å². The maximum Gasteiger partial charge on any atom is 0.108 e. The third kappa shape index (κ3) is 2.09. The second-order valence-electron chi connectivity index (χ2n) is 3.42. The molecule has 2 rings (SSSR count). The molecule has 0 radical (unpaired) electrons. The fraction of sp³-hybridized carbons (Fsp3) is 0.182. The Morgan fingerprint density at radius 1 is 1.50 bits per heavy atom. The fourth-order valence-electron chi connectivity index (χ4n) is 1.51. The van der Waals surface area contributed by atoms with Crippen molar-refractivity contribution in [3.05, 3.63) is 47.5 Å². The molecule has 0 saturated carbocycles. The maximum atomic E-state index is 9.71. The number of halogens is 1. The average molecular weight is 238 g/mol. The summed E-state index contributed by atoms with van der Waals surface area (Å²) in [6, 6.07) is 7.33. The predicted octanol–water partition coefficient (Wildman–Crippen LogP) is 1.52. The monoisotopic (exact) mass is 237 g/mol. The van der Waals surface area contributed by atoms with Crippen molar-refractivity contribution in [2.24, 2.45) is 5.73 Å². The van der Waals surface area contributed by atoms with Crippen LogP contribution in [-0.2, 0) is 0 Å². The van der Waals surface area contributed by atoms with Gasteiger partial charge < -0.3 is 15.4 Å². The summed E-state index contributed by atoms with van der Waals surface area (Å²) in [6.07, 6.45) is 2.50. The summed E-state index contributed by atoms with van der Waals surface area (Å²) < 4.78 is 1.77. The van der Waals surface area contributed by atoms with E-state index in [9.17, 15) is 5.11 Å². The molecule has 4 nitrogen and oxygen atoms in total. The Hall–Kier alpha value is -1.36. The van der Waals surface area contributed by atoms with E-state index in [1.807, 2.05) is 12.1 Å². The molecule has 0 saturated heterocycles. The Balaban J connectivity index is 2.44. The van der Waals surface area contributed by atoms with Crippen LogP contribution in [0, 0.1) is 0 Å². The van der Waals surface area contributed by atoms with Crippen LogP contribution < -0.4 is 5.73 Å². The lowest BCUT2D eigenvalue weighted by Crippen LogP contribution is -2.14. The van der Waals surface area contributed by atoms with Crippen LogP contribution in [0.4, 0.5) is 0 Å². The van der Waals surface area contributed by atoms with Crippen LogP contribution in [0.5, 0.6) is 0 Å². The largest absolute Gasteiger partial charge is 0.385 e. The summed E-state index contributed by atoms with van der Waals surface area (Å²) in [5.41, 5.74) is 6.93. The van der Waals surface area contributed by atoms with Crippen LogP contribution in [0.3, 0.4) is 0 Å². The molecule has 0 aliphatic heterocycles. The summed E-state index contributed by atoms with van der Waals surface area (Å²) >= 11 is 5.91. The van der Waals surface area contributed by atoms with Gasteiger partial charge in [0.25, 0.3) is 0 Å². The number of benzene rings is 1. The van der Waals surface area contributed by atoms with Crippen molar-refractivity contribution < 1.29 is 5.11 Å². The van der Waals surface area contributed by atoms with Crippen molar-refractivity contribution in [1.82, 2.24) is 9.55 Å². The van der Waals surface area contributed by atoms with Crippen LogP contribution in [-0.4, -0.2) is 21.2 Å². The zero-order valence-corrected chi connectivity index (χ0v) is 9.30. The van der Waals surface area contributed by atoms with E-state index in [0.29, 0.717) is 10.7 Å². The van der Waals surface area contributed by atoms with E-state index >= 15 is 0 Å². The van der Waals surface area contributed by atoms with Gasteiger partial charge in [-0.15, -0.1) is 0 Å². The van der Waals surface area contributed by atoms with Gasteiger partial charge in [0.2, 0.25) is 0 Å². The minimum Gasteiger partial charge on any atom is -0.385 e. The third-order valence-electron chi connectivity index (χ3n) is 2.32. The van der Waals surface area contributed by atoms with Crippen molar-refractivity contribution in [2.75, 3.05) is 6.54 Å². The standard InChI is InChI=1S/C11H12ClN3O/c12-8-2-1-3-9(4-8)15-7-14-6-10(15)11(16)5-13/h1-4,6-7,11,16H,5,13H2. The predicted molar refractivity (Wildman–Crippen MR) is 62.6 cm³/mol. The molecule has 1 heterocycles. The lowest BCUT2D eigenvalue weighted by Gasteiger charge is -2.12. The van der Waals surface area contributed by atoms with Gasteiger partial charge in [-0.25, -0.2) is 4.98 Å². The SMILES string of the molecule is NCC(O)c1cncn1-c1cccc(Cl)c1. The molecule has 1 unspecified atom stereocenters. The van der Waals surface area contributed by atoms with Crippen LogP contribution >= 0.6 is 11.6 Å². The normalized spacial score (nSPS) is 12.7. The first-order chi connectivity index (χ1) is 7.72. The highest BCUT2D eigenvalue weighted by Crippen LogP contribution is 2.19. The third-order valence-corrected chi connectivity index (χ3v) is 2.55. The van der Waals surface area contributed by atoms with Gasteiger partial charge in [-0.1, -0.05) is 17.7 Å². The highest BCUT2D eigenvalue weighted by atomic mass is 35.5. The van der Waals surface area contributed by atoms with Gasteiger partial charge in [0, 0.05) is 17.3 Å². The van der Waals surface area contributed by atoms with E-state index < -0.39 is 6.10 Å². The fourth-order valence-corrected chi connectivity index (χ4v) is 1.70. The number of imidazole rings is 1. The summed E-state index contributed by atoms with van der Waals surface area (Å²) in [4.78, 5) is 4.00. The second kappa shape index (κ2) is 4.65.